The molecule has 44 heavy (non-hydrogen) atoms. The van der Waals surface area contributed by atoms with Gasteiger partial charge in [0.05, 0.1) is 0 Å². The number of aromatic nitrogens is 3. The Balaban J connectivity index is 1.20. The Kier molecular flexibility index (Phi) is 5.64. The Morgan fingerprint density at radius 3 is 1.84 bits per heavy atom. The lowest BCUT2D eigenvalue weighted by atomic mass is 9.98. The largest absolute Gasteiger partial charge is 0.456 e. The van der Waals surface area contributed by atoms with E-state index in [1.54, 1.807) is 11.3 Å². The van der Waals surface area contributed by atoms with Crippen LogP contribution < -0.4 is 0 Å². The van der Waals surface area contributed by atoms with Gasteiger partial charge in [-0.1, -0.05) is 115 Å². The third kappa shape index (κ3) is 4.02. The van der Waals surface area contributed by atoms with Gasteiger partial charge in [0.1, 0.15) is 11.2 Å². The Hall–Kier alpha value is -5.65. The normalized spacial score (nSPS) is 11.6. The van der Waals surface area contributed by atoms with Crippen molar-refractivity contribution in [2.24, 2.45) is 0 Å². The molecule has 0 bridgehead atoms. The number of benzene rings is 6. The van der Waals surface area contributed by atoms with Gasteiger partial charge in [-0.2, -0.15) is 0 Å². The van der Waals surface area contributed by atoms with Gasteiger partial charge in [-0.15, -0.1) is 11.3 Å². The van der Waals surface area contributed by atoms with Gasteiger partial charge in [0.25, 0.3) is 0 Å². The number of para-hydroxylation sites is 1. The van der Waals surface area contributed by atoms with E-state index in [9.17, 15) is 0 Å². The topological polar surface area (TPSA) is 51.8 Å². The molecule has 0 atom stereocenters. The molecule has 0 fully saturated rings. The first kappa shape index (κ1) is 24.9. The lowest BCUT2D eigenvalue weighted by Gasteiger charge is -2.10. The Morgan fingerprint density at radius 1 is 0.409 bits per heavy atom. The van der Waals surface area contributed by atoms with Crippen molar-refractivity contribution in [1.29, 1.82) is 0 Å². The highest BCUT2D eigenvalue weighted by Gasteiger charge is 2.17. The van der Waals surface area contributed by atoms with E-state index in [1.807, 2.05) is 54.6 Å². The third-order valence-electron chi connectivity index (χ3n) is 8.17. The van der Waals surface area contributed by atoms with E-state index in [-0.39, 0.29) is 0 Å². The number of hydrogen-bond acceptors (Lipinski definition) is 5. The molecule has 0 radical (unpaired) electrons. The molecule has 4 nitrogen and oxygen atoms in total. The van der Waals surface area contributed by atoms with Crippen LogP contribution in [0.15, 0.2) is 144 Å². The molecule has 0 saturated heterocycles. The summed E-state index contributed by atoms with van der Waals surface area (Å²) in [4.78, 5) is 15.1. The second kappa shape index (κ2) is 9.97. The van der Waals surface area contributed by atoms with E-state index >= 15 is 0 Å². The number of fused-ring (bicyclic) bond motifs is 6. The maximum Gasteiger partial charge on any atom is 0.165 e. The standard InChI is InChI=1S/C39H23N3OS/c1-2-10-25(11-3-1)37-40-38(42-39(41-37)31-16-8-15-29-28-12-5-7-19-34(28)44-36(29)31)26-22-20-24(21-23-26)27-14-9-18-33-35(27)30-13-4-6-17-32(30)43-33/h1-23H. The van der Waals surface area contributed by atoms with Crippen LogP contribution in [-0.2, 0) is 0 Å². The molecule has 5 heteroatoms. The summed E-state index contributed by atoms with van der Waals surface area (Å²) in [6.45, 7) is 0. The molecule has 0 amide bonds. The first-order valence-corrected chi connectivity index (χ1v) is 15.3. The molecule has 3 heterocycles. The molecule has 0 spiro atoms. The molecule has 9 rings (SSSR count). The van der Waals surface area contributed by atoms with Crippen LogP contribution in [0.2, 0.25) is 0 Å². The summed E-state index contributed by atoms with van der Waals surface area (Å²) in [5.41, 5.74) is 6.93. The highest BCUT2D eigenvalue weighted by Crippen LogP contribution is 2.40. The van der Waals surface area contributed by atoms with E-state index in [0.29, 0.717) is 17.5 Å². The van der Waals surface area contributed by atoms with Crippen LogP contribution in [0.5, 0.6) is 0 Å². The van der Waals surface area contributed by atoms with Crippen molar-refractivity contribution in [1.82, 2.24) is 15.0 Å². The fourth-order valence-electron chi connectivity index (χ4n) is 6.08. The van der Waals surface area contributed by atoms with Crippen molar-refractivity contribution < 1.29 is 4.42 Å². The molecular weight excluding hydrogens is 559 g/mol. The van der Waals surface area contributed by atoms with Crippen LogP contribution in [0.3, 0.4) is 0 Å². The monoisotopic (exact) mass is 581 g/mol. The lowest BCUT2D eigenvalue weighted by Crippen LogP contribution is -2.00. The van der Waals surface area contributed by atoms with E-state index in [4.69, 9.17) is 19.4 Å². The summed E-state index contributed by atoms with van der Waals surface area (Å²) in [5, 5.41) is 4.72. The minimum absolute atomic E-state index is 0.644. The van der Waals surface area contributed by atoms with Crippen LogP contribution in [0.4, 0.5) is 0 Å². The van der Waals surface area contributed by atoms with Crippen LogP contribution in [0.25, 0.3) is 87.4 Å². The van der Waals surface area contributed by atoms with E-state index < -0.39 is 0 Å². The predicted molar refractivity (Wildman–Crippen MR) is 182 cm³/mol. The molecule has 206 valence electrons. The van der Waals surface area contributed by atoms with Crippen molar-refractivity contribution in [3.05, 3.63) is 140 Å². The molecule has 0 aliphatic carbocycles. The van der Waals surface area contributed by atoms with Gasteiger partial charge in [-0.25, -0.2) is 15.0 Å². The van der Waals surface area contributed by atoms with Gasteiger partial charge in [0, 0.05) is 47.6 Å². The Morgan fingerprint density at radius 2 is 1.00 bits per heavy atom. The number of nitrogens with zero attached hydrogens (tertiary/aromatic N) is 3. The van der Waals surface area contributed by atoms with Crippen molar-refractivity contribution in [3.8, 4) is 45.3 Å². The molecule has 0 aliphatic heterocycles. The van der Waals surface area contributed by atoms with Crippen LogP contribution in [0, 0.1) is 0 Å². The summed E-state index contributed by atoms with van der Waals surface area (Å²) < 4.78 is 8.58. The molecule has 0 saturated carbocycles. The summed E-state index contributed by atoms with van der Waals surface area (Å²) in [6.07, 6.45) is 0. The highest BCUT2D eigenvalue weighted by atomic mass is 32.1. The van der Waals surface area contributed by atoms with Crippen LogP contribution in [-0.4, -0.2) is 15.0 Å². The second-order valence-corrected chi connectivity index (χ2v) is 11.9. The lowest BCUT2D eigenvalue weighted by molar-refractivity contribution is 0.669. The van der Waals surface area contributed by atoms with Gasteiger partial charge in [-0.05, 0) is 35.4 Å². The van der Waals surface area contributed by atoms with Gasteiger partial charge >= 0.3 is 0 Å². The molecule has 3 aromatic heterocycles. The summed E-state index contributed by atoms with van der Waals surface area (Å²) >= 11 is 1.78. The maximum absolute atomic E-state index is 6.14. The molecule has 9 aromatic rings. The van der Waals surface area contributed by atoms with E-state index in [0.717, 1.165) is 49.8 Å². The van der Waals surface area contributed by atoms with Gasteiger partial charge in [0.2, 0.25) is 0 Å². The molecule has 0 unspecified atom stereocenters. The summed E-state index contributed by atoms with van der Waals surface area (Å²) in [7, 11) is 0. The summed E-state index contributed by atoms with van der Waals surface area (Å²) in [6, 6.07) is 48.0. The van der Waals surface area contributed by atoms with Gasteiger partial charge in [0.15, 0.2) is 17.5 Å². The zero-order valence-electron chi connectivity index (χ0n) is 23.4. The fraction of sp³-hybridized carbons (Fsp3) is 0. The molecule has 0 aliphatic rings. The second-order valence-electron chi connectivity index (χ2n) is 10.8. The smallest absolute Gasteiger partial charge is 0.165 e. The number of thiophene rings is 1. The van der Waals surface area contributed by atoms with Crippen LogP contribution in [0.1, 0.15) is 0 Å². The highest BCUT2D eigenvalue weighted by molar-refractivity contribution is 7.26. The van der Waals surface area contributed by atoms with Gasteiger partial charge < -0.3 is 4.42 Å². The molecular formula is C39H23N3OS. The van der Waals surface area contributed by atoms with Crippen molar-refractivity contribution in [2.45, 2.75) is 0 Å². The molecule has 6 aromatic carbocycles. The van der Waals surface area contributed by atoms with E-state index in [2.05, 4.69) is 84.9 Å². The van der Waals surface area contributed by atoms with E-state index in [1.165, 1.54) is 20.2 Å². The minimum Gasteiger partial charge on any atom is -0.456 e. The first-order valence-electron chi connectivity index (χ1n) is 14.5. The number of hydrogen-bond donors (Lipinski definition) is 0. The SMILES string of the molecule is c1ccc(-c2nc(-c3ccc(-c4cccc5oc6ccccc6c45)cc3)nc(-c3cccc4c3sc3ccccc34)n2)cc1. The first-order chi connectivity index (χ1) is 21.8. The quantitative estimate of drug-likeness (QED) is 0.207. The summed E-state index contributed by atoms with van der Waals surface area (Å²) in [5.74, 6) is 1.97. The number of furan rings is 1. The average molecular weight is 582 g/mol. The van der Waals surface area contributed by atoms with Gasteiger partial charge in [-0.3, -0.25) is 0 Å². The zero-order valence-corrected chi connectivity index (χ0v) is 24.3. The van der Waals surface area contributed by atoms with Crippen molar-refractivity contribution in [2.75, 3.05) is 0 Å². The molecule has 0 N–H and O–H groups in total. The predicted octanol–water partition coefficient (Wildman–Crippen LogP) is 10.8. The van der Waals surface area contributed by atoms with Crippen LogP contribution >= 0.6 is 11.3 Å². The third-order valence-corrected chi connectivity index (χ3v) is 9.39. The van der Waals surface area contributed by atoms with Crippen molar-refractivity contribution >= 4 is 53.4 Å². The maximum atomic E-state index is 6.14. The fourth-order valence-corrected chi connectivity index (χ4v) is 7.29. The minimum atomic E-state index is 0.644. The Labute approximate surface area is 256 Å². The van der Waals surface area contributed by atoms with Crippen molar-refractivity contribution in [3.63, 3.8) is 0 Å². The Bertz CT molecular complexity index is 2490. The average Bonchev–Trinajstić information content (AvgIpc) is 3.67. The zero-order chi connectivity index (χ0) is 29.0. The number of rotatable bonds is 4.